The first-order valence-corrected chi connectivity index (χ1v) is 14.8. The Morgan fingerprint density at radius 3 is 2.19 bits per heavy atom. The van der Waals surface area contributed by atoms with Crippen LogP contribution in [-0.4, -0.2) is 40.1 Å². The van der Waals surface area contributed by atoms with Crippen molar-refractivity contribution in [2.45, 2.75) is 28.1 Å². The smallest absolute Gasteiger partial charge is 0.326 e. The van der Waals surface area contributed by atoms with Crippen LogP contribution in [0.5, 0.6) is 0 Å². The maximum Gasteiger partial charge on any atom is 0.416 e. The molecule has 1 amide bonds. The Hall–Kier alpha value is -2.94. The van der Waals surface area contributed by atoms with Crippen LogP contribution < -0.4 is 10.0 Å². The number of carbonyl (C=O) groups is 1. The molecule has 1 aliphatic rings. The van der Waals surface area contributed by atoms with E-state index in [1.54, 1.807) is 11.4 Å². The molecule has 0 saturated carbocycles. The van der Waals surface area contributed by atoms with Crippen molar-refractivity contribution in [3.63, 3.8) is 0 Å². The topological polar surface area (TPSA) is 113 Å². The van der Waals surface area contributed by atoms with Crippen LogP contribution in [0.2, 0.25) is 0 Å². The van der Waals surface area contributed by atoms with Crippen molar-refractivity contribution in [1.29, 1.82) is 0 Å². The van der Waals surface area contributed by atoms with E-state index in [1.807, 2.05) is 0 Å². The van der Waals surface area contributed by atoms with Crippen LogP contribution >= 0.6 is 11.3 Å². The summed E-state index contributed by atoms with van der Waals surface area (Å²) < 4.78 is 92.9. The van der Waals surface area contributed by atoms with Crippen LogP contribution in [0.15, 0.2) is 75.1 Å². The fourth-order valence-electron chi connectivity index (χ4n) is 3.83. The average molecular weight is 574 g/mol. The van der Waals surface area contributed by atoms with Crippen LogP contribution in [-0.2, 0) is 31.0 Å². The number of carbonyl (C=O) groups excluding carboxylic acids is 1. The second kappa shape index (κ2) is 10.4. The Bertz CT molecular complexity index is 1470. The summed E-state index contributed by atoms with van der Waals surface area (Å²) in [6.45, 7) is 0.410. The number of nitrogens with zero attached hydrogens (tertiary/aromatic N) is 1. The average Bonchev–Trinajstić information content (AvgIpc) is 3.40. The summed E-state index contributed by atoms with van der Waals surface area (Å²) >= 11 is 1.14. The molecule has 1 saturated heterocycles. The third-order valence-corrected chi connectivity index (χ3v) is 10.5. The maximum absolute atomic E-state index is 12.9. The molecule has 2 heterocycles. The van der Waals surface area contributed by atoms with Crippen molar-refractivity contribution in [3.05, 3.63) is 71.6 Å². The van der Waals surface area contributed by atoms with Gasteiger partial charge in [-0.05, 0) is 66.8 Å². The first-order valence-electron chi connectivity index (χ1n) is 11.0. The van der Waals surface area contributed by atoms with Gasteiger partial charge in [-0.25, -0.2) is 16.8 Å². The third kappa shape index (κ3) is 6.32. The fourth-order valence-corrected chi connectivity index (χ4v) is 7.49. The minimum Gasteiger partial charge on any atom is -0.326 e. The van der Waals surface area contributed by atoms with Crippen LogP contribution in [0.3, 0.4) is 0 Å². The number of sulfonamides is 2. The van der Waals surface area contributed by atoms with Gasteiger partial charge in [0.05, 0.1) is 10.5 Å². The van der Waals surface area contributed by atoms with Gasteiger partial charge < -0.3 is 5.32 Å². The highest BCUT2D eigenvalue weighted by molar-refractivity contribution is 7.92. The van der Waals surface area contributed by atoms with Gasteiger partial charge in [0.25, 0.3) is 20.0 Å². The van der Waals surface area contributed by atoms with E-state index in [0.717, 1.165) is 23.5 Å². The Labute approximate surface area is 216 Å². The van der Waals surface area contributed by atoms with Gasteiger partial charge in [0.15, 0.2) is 0 Å². The Morgan fingerprint density at radius 2 is 1.59 bits per heavy atom. The number of hydrogen-bond donors (Lipinski definition) is 2. The molecule has 1 aromatic heterocycles. The van der Waals surface area contributed by atoms with Crippen molar-refractivity contribution in [2.24, 2.45) is 5.92 Å². The summed E-state index contributed by atoms with van der Waals surface area (Å²) in [7, 11) is -7.75. The van der Waals surface area contributed by atoms with Gasteiger partial charge in [0, 0.05) is 30.4 Å². The van der Waals surface area contributed by atoms with Crippen LogP contribution in [0.1, 0.15) is 18.4 Å². The summed E-state index contributed by atoms with van der Waals surface area (Å²) in [4.78, 5) is 12.5. The van der Waals surface area contributed by atoms with E-state index < -0.39 is 37.7 Å². The highest BCUT2D eigenvalue weighted by atomic mass is 32.2. The maximum atomic E-state index is 12.9. The van der Waals surface area contributed by atoms with E-state index in [1.165, 1.54) is 40.7 Å². The zero-order valence-electron chi connectivity index (χ0n) is 19.1. The number of halogens is 3. The van der Waals surface area contributed by atoms with Gasteiger partial charge in [0.1, 0.15) is 4.21 Å². The van der Waals surface area contributed by atoms with E-state index in [2.05, 4.69) is 10.0 Å². The molecule has 14 heteroatoms. The summed E-state index contributed by atoms with van der Waals surface area (Å²) in [5.74, 6) is -0.730. The van der Waals surface area contributed by atoms with E-state index in [4.69, 9.17) is 0 Å². The Kier molecular flexibility index (Phi) is 7.65. The van der Waals surface area contributed by atoms with Gasteiger partial charge >= 0.3 is 6.18 Å². The van der Waals surface area contributed by atoms with Gasteiger partial charge in [-0.3, -0.25) is 9.52 Å². The molecule has 0 spiro atoms. The Morgan fingerprint density at radius 1 is 0.919 bits per heavy atom. The minimum absolute atomic E-state index is 0.199. The number of anilines is 2. The quantitative estimate of drug-likeness (QED) is 0.429. The molecule has 8 nitrogen and oxygen atoms in total. The highest BCUT2D eigenvalue weighted by Crippen LogP contribution is 2.31. The molecule has 198 valence electrons. The number of benzene rings is 2. The van der Waals surface area contributed by atoms with Crippen molar-refractivity contribution in [2.75, 3.05) is 23.1 Å². The largest absolute Gasteiger partial charge is 0.416 e. The molecule has 3 aromatic rings. The van der Waals surface area contributed by atoms with E-state index in [9.17, 15) is 34.8 Å². The predicted octanol–water partition coefficient (Wildman–Crippen LogP) is 4.61. The lowest BCUT2D eigenvalue weighted by molar-refractivity contribution is -0.137. The number of amides is 1. The molecule has 1 fully saturated rings. The number of alkyl halides is 3. The molecule has 0 unspecified atom stereocenters. The molecule has 2 N–H and O–H groups in total. The van der Waals surface area contributed by atoms with Crippen molar-refractivity contribution < 1.29 is 34.8 Å². The van der Waals surface area contributed by atoms with E-state index >= 15 is 0 Å². The van der Waals surface area contributed by atoms with Gasteiger partial charge in [0.2, 0.25) is 5.91 Å². The van der Waals surface area contributed by atoms with Crippen molar-refractivity contribution >= 4 is 48.7 Å². The minimum atomic E-state index is -4.61. The van der Waals surface area contributed by atoms with Crippen LogP contribution in [0.4, 0.5) is 24.5 Å². The first kappa shape index (κ1) is 27.1. The number of nitrogens with one attached hydrogen (secondary N) is 2. The van der Waals surface area contributed by atoms with Gasteiger partial charge in [-0.15, -0.1) is 11.3 Å². The molecule has 1 aliphatic heterocycles. The lowest BCUT2D eigenvalue weighted by Crippen LogP contribution is -2.41. The Balaban J connectivity index is 1.35. The van der Waals surface area contributed by atoms with Gasteiger partial charge in [-0.1, -0.05) is 12.1 Å². The predicted molar refractivity (Wildman–Crippen MR) is 133 cm³/mol. The molecule has 0 radical (unpaired) electrons. The molecule has 4 rings (SSSR count). The summed E-state index contributed by atoms with van der Waals surface area (Å²) in [6.07, 6.45) is -3.94. The third-order valence-electron chi connectivity index (χ3n) is 5.79. The summed E-state index contributed by atoms with van der Waals surface area (Å²) in [5, 5.41) is 4.39. The lowest BCUT2D eigenvalue weighted by atomic mass is 9.97. The molecule has 0 bridgehead atoms. The zero-order chi connectivity index (χ0) is 26.8. The van der Waals surface area contributed by atoms with Crippen LogP contribution in [0, 0.1) is 5.92 Å². The normalized spacial score (nSPS) is 15.9. The summed E-state index contributed by atoms with van der Waals surface area (Å²) in [6, 6.07) is 12.2. The lowest BCUT2D eigenvalue weighted by Gasteiger charge is -2.30. The number of hydrogen-bond acceptors (Lipinski definition) is 6. The van der Waals surface area contributed by atoms with Crippen molar-refractivity contribution in [1.82, 2.24) is 4.31 Å². The first-order chi connectivity index (χ1) is 17.4. The van der Waals surface area contributed by atoms with E-state index in [-0.39, 0.29) is 33.8 Å². The molecular weight excluding hydrogens is 551 g/mol. The monoisotopic (exact) mass is 573 g/mol. The molecule has 37 heavy (non-hydrogen) atoms. The number of thiophene rings is 1. The van der Waals surface area contributed by atoms with E-state index in [0.29, 0.717) is 24.6 Å². The molecule has 2 aromatic carbocycles. The highest BCUT2D eigenvalue weighted by Gasteiger charge is 2.33. The molecule has 0 atom stereocenters. The summed E-state index contributed by atoms with van der Waals surface area (Å²) in [5.41, 5.74) is -0.892. The fraction of sp³-hybridized carbons (Fsp3) is 0.261. The van der Waals surface area contributed by atoms with Crippen molar-refractivity contribution in [3.8, 4) is 0 Å². The van der Waals surface area contributed by atoms with Gasteiger partial charge in [-0.2, -0.15) is 17.5 Å². The second-order valence-electron chi connectivity index (χ2n) is 8.31. The molecule has 0 aliphatic carbocycles. The SMILES string of the molecule is O=C(Nc1ccc(S(=O)(=O)Nc2cccc(C(F)(F)F)c2)cc1)C1CCN(S(=O)(=O)c2cccs2)CC1. The molecular formula is C23H22F3N3O5S3. The second-order valence-corrected chi connectivity index (χ2v) is 13.1. The van der Waals surface area contributed by atoms with Crippen LogP contribution in [0.25, 0.3) is 0 Å². The zero-order valence-corrected chi connectivity index (χ0v) is 21.6. The number of piperidine rings is 1. The number of rotatable bonds is 7. The standard InChI is InChI=1S/C23H22F3N3O5S3/c24-23(25,26)17-3-1-4-19(15-17)28-36(31,32)20-8-6-18(7-9-20)27-22(30)16-10-12-29(13-11-16)37(33,34)21-5-2-14-35-21/h1-9,14-16,28H,10-13H2,(H,27,30).